The van der Waals surface area contributed by atoms with Crippen LogP contribution in [0.15, 0.2) is 60.7 Å². The number of ether oxygens (including phenoxy) is 2. The van der Waals surface area contributed by atoms with Crippen molar-refractivity contribution < 1.29 is 19.1 Å². The van der Waals surface area contributed by atoms with Crippen LogP contribution in [-0.4, -0.2) is 18.0 Å². The summed E-state index contributed by atoms with van der Waals surface area (Å²) in [6.07, 6.45) is 0.270. The van der Waals surface area contributed by atoms with Gasteiger partial charge in [-0.25, -0.2) is 0 Å². The van der Waals surface area contributed by atoms with Crippen molar-refractivity contribution >= 4 is 44.3 Å². The molecule has 0 N–H and O–H groups in total. The number of hydrogen-bond donors (Lipinski definition) is 0. The first-order valence-corrected chi connectivity index (χ1v) is 10.2. The van der Waals surface area contributed by atoms with E-state index in [0.717, 1.165) is 22.8 Å². The minimum atomic E-state index is -0.615. The Morgan fingerprint density at radius 2 is 1.43 bits per heavy atom. The normalized spacial score (nSPS) is 18.3. The molecule has 0 amide bonds. The summed E-state index contributed by atoms with van der Waals surface area (Å²) in [5, 5.41) is 6.94. The number of esters is 2. The monoisotopic (exact) mass is 398 g/mol. The number of carbonyl (C=O) groups is 2. The lowest BCUT2D eigenvalue weighted by molar-refractivity contribution is -0.167. The van der Waals surface area contributed by atoms with Crippen LogP contribution in [0.3, 0.4) is 0 Å². The van der Waals surface area contributed by atoms with Gasteiger partial charge in [0.2, 0.25) is 0 Å². The van der Waals surface area contributed by atoms with Crippen LogP contribution in [0.25, 0.3) is 32.3 Å². The highest BCUT2D eigenvalue weighted by Crippen LogP contribution is 2.45. The second-order valence-electron chi connectivity index (χ2n) is 7.86. The van der Waals surface area contributed by atoms with E-state index >= 15 is 0 Å². The van der Waals surface area contributed by atoms with Crippen molar-refractivity contribution in [1.82, 2.24) is 0 Å². The summed E-state index contributed by atoms with van der Waals surface area (Å²) in [4.78, 5) is 23.7. The Hall–Kier alpha value is -3.40. The second-order valence-corrected chi connectivity index (χ2v) is 7.86. The van der Waals surface area contributed by atoms with Crippen LogP contribution in [0.2, 0.25) is 0 Å². The van der Waals surface area contributed by atoms with Crippen LogP contribution in [-0.2, 0) is 25.5 Å². The highest BCUT2D eigenvalue weighted by atomic mass is 16.6. The molecule has 0 unspecified atom stereocenters. The molecule has 0 fully saturated rings. The molecule has 0 aliphatic heterocycles. The van der Waals surface area contributed by atoms with Gasteiger partial charge in [-0.2, -0.15) is 0 Å². The summed E-state index contributed by atoms with van der Waals surface area (Å²) in [5.41, 5.74) is 2.13. The van der Waals surface area contributed by atoms with Gasteiger partial charge in [-0.05, 0) is 50.7 Å². The zero-order valence-electron chi connectivity index (χ0n) is 17.0. The highest BCUT2D eigenvalue weighted by Gasteiger charge is 2.37. The van der Waals surface area contributed by atoms with Gasteiger partial charge >= 0.3 is 11.9 Å². The smallest absolute Gasteiger partial charge is 0.303 e. The predicted molar refractivity (Wildman–Crippen MR) is 117 cm³/mol. The second kappa shape index (κ2) is 7.13. The Kier molecular flexibility index (Phi) is 4.43. The summed E-state index contributed by atoms with van der Waals surface area (Å²) in [5.74, 6) is -0.746. The Morgan fingerprint density at radius 3 is 2.17 bits per heavy atom. The van der Waals surface area contributed by atoms with Crippen LogP contribution in [0.1, 0.15) is 37.5 Å². The van der Waals surface area contributed by atoms with E-state index in [9.17, 15) is 9.59 Å². The molecule has 0 heterocycles. The SMILES string of the molecule is CC(=O)O[C@H]1CCc2c(c3ccccc3c3c2ccc2ccccc23)[C@@H]1OC(C)=O. The average Bonchev–Trinajstić information content (AvgIpc) is 2.74. The Bertz CT molecular complexity index is 1320. The van der Waals surface area contributed by atoms with Crippen molar-refractivity contribution in [2.45, 2.75) is 38.9 Å². The molecule has 2 atom stereocenters. The van der Waals surface area contributed by atoms with E-state index in [4.69, 9.17) is 9.47 Å². The fraction of sp³-hybridized carbons (Fsp3) is 0.231. The van der Waals surface area contributed by atoms with Gasteiger partial charge in [-0.1, -0.05) is 60.7 Å². The van der Waals surface area contributed by atoms with Crippen molar-refractivity contribution in [1.29, 1.82) is 0 Å². The lowest BCUT2D eigenvalue weighted by Crippen LogP contribution is -2.32. The van der Waals surface area contributed by atoms with Crippen LogP contribution >= 0.6 is 0 Å². The van der Waals surface area contributed by atoms with Gasteiger partial charge in [0.15, 0.2) is 6.10 Å². The molecule has 5 rings (SSSR count). The lowest BCUT2D eigenvalue weighted by atomic mass is 9.79. The Morgan fingerprint density at radius 1 is 0.767 bits per heavy atom. The summed E-state index contributed by atoms with van der Waals surface area (Å²) in [6.45, 7) is 2.79. The van der Waals surface area contributed by atoms with Gasteiger partial charge in [-0.3, -0.25) is 9.59 Å². The first-order valence-electron chi connectivity index (χ1n) is 10.2. The lowest BCUT2D eigenvalue weighted by Gasteiger charge is -2.34. The van der Waals surface area contributed by atoms with Gasteiger partial charge in [0.05, 0.1) is 0 Å². The maximum atomic E-state index is 12.0. The van der Waals surface area contributed by atoms with E-state index < -0.39 is 12.2 Å². The molecule has 1 aliphatic rings. The minimum absolute atomic E-state index is 0.364. The maximum absolute atomic E-state index is 12.0. The van der Waals surface area contributed by atoms with Crippen LogP contribution in [0.4, 0.5) is 0 Å². The van der Waals surface area contributed by atoms with Crippen LogP contribution in [0, 0.1) is 0 Å². The standard InChI is InChI=1S/C26H22O4/c1-15(27)29-23-14-13-22-21-12-11-17-7-3-4-8-18(17)24(21)19-9-5-6-10-20(19)25(22)26(23)30-16(2)28/h3-12,23,26H,13-14H2,1-2H3/t23-,26+/m0/s1. The third-order valence-electron chi connectivity index (χ3n) is 5.98. The molecule has 0 spiro atoms. The van der Waals surface area contributed by atoms with E-state index in [1.807, 2.05) is 12.1 Å². The van der Waals surface area contributed by atoms with Crippen molar-refractivity contribution in [3.05, 3.63) is 71.8 Å². The van der Waals surface area contributed by atoms with E-state index in [2.05, 4.69) is 48.5 Å². The molecule has 1 aliphatic carbocycles. The third-order valence-corrected chi connectivity index (χ3v) is 5.98. The summed E-state index contributed by atoms with van der Waals surface area (Å²) < 4.78 is 11.3. The molecule has 0 aromatic heterocycles. The molecular weight excluding hydrogens is 376 g/mol. The van der Waals surface area contributed by atoms with E-state index in [0.29, 0.717) is 6.42 Å². The van der Waals surface area contributed by atoms with Crippen LogP contribution < -0.4 is 0 Å². The summed E-state index contributed by atoms with van der Waals surface area (Å²) >= 11 is 0. The predicted octanol–water partition coefficient (Wildman–Crippen LogP) is 5.63. The molecule has 0 radical (unpaired) electrons. The van der Waals surface area contributed by atoms with Gasteiger partial charge in [0.1, 0.15) is 6.10 Å². The number of rotatable bonds is 2. The van der Waals surface area contributed by atoms with Crippen molar-refractivity contribution in [3.8, 4) is 0 Å². The van der Waals surface area contributed by atoms with Crippen molar-refractivity contribution in [2.75, 3.05) is 0 Å². The third kappa shape index (κ3) is 2.91. The minimum Gasteiger partial charge on any atom is -0.458 e. The zero-order valence-corrected chi connectivity index (χ0v) is 17.0. The summed E-state index contributed by atoms with van der Waals surface area (Å²) in [6, 6.07) is 20.9. The Labute approximate surface area is 174 Å². The van der Waals surface area contributed by atoms with Gasteiger partial charge < -0.3 is 9.47 Å². The number of aryl methyl sites for hydroxylation is 1. The maximum Gasteiger partial charge on any atom is 0.303 e. The fourth-order valence-electron chi connectivity index (χ4n) is 4.92. The highest BCUT2D eigenvalue weighted by molar-refractivity contribution is 6.22. The number of benzene rings is 4. The van der Waals surface area contributed by atoms with Gasteiger partial charge in [-0.15, -0.1) is 0 Å². The zero-order chi connectivity index (χ0) is 20.8. The molecular formula is C26H22O4. The molecule has 150 valence electrons. The fourth-order valence-corrected chi connectivity index (χ4v) is 4.92. The molecule has 30 heavy (non-hydrogen) atoms. The molecule has 4 aromatic carbocycles. The average molecular weight is 398 g/mol. The van der Waals surface area contributed by atoms with Crippen molar-refractivity contribution in [3.63, 3.8) is 0 Å². The Balaban J connectivity index is 1.89. The number of hydrogen-bond acceptors (Lipinski definition) is 4. The van der Waals surface area contributed by atoms with Crippen LogP contribution in [0.5, 0.6) is 0 Å². The van der Waals surface area contributed by atoms with E-state index in [1.165, 1.54) is 41.0 Å². The molecule has 4 nitrogen and oxygen atoms in total. The number of carbonyl (C=O) groups excluding carboxylic acids is 2. The molecule has 0 saturated carbocycles. The molecule has 4 aromatic rings. The van der Waals surface area contributed by atoms with Gasteiger partial charge in [0.25, 0.3) is 0 Å². The van der Waals surface area contributed by atoms with Crippen molar-refractivity contribution in [2.24, 2.45) is 0 Å². The number of fused-ring (bicyclic) bond motifs is 8. The van der Waals surface area contributed by atoms with E-state index in [1.54, 1.807) is 0 Å². The quantitative estimate of drug-likeness (QED) is 0.324. The molecule has 4 heteroatoms. The topological polar surface area (TPSA) is 52.6 Å². The van der Waals surface area contributed by atoms with E-state index in [-0.39, 0.29) is 11.9 Å². The first kappa shape index (κ1) is 18.6. The largest absolute Gasteiger partial charge is 0.458 e. The summed E-state index contributed by atoms with van der Waals surface area (Å²) in [7, 11) is 0. The molecule has 0 bridgehead atoms. The first-order chi connectivity index (χ1) is 14.5. The molecule has 0 saturated heterocycles. The van der Waals surface area contributed by atoms with Gasteiger partial charge in [0, 0.05) is 19.4 Å².